The number of carbonyl (C=O) groups excluding carboxylic acids is 5. The van der Waals surface area contributed by atoms with Gasteiger partial charge in [0, 0.05) is 18.8 Å². The van der Waals surface area contributed by atoms with Crippen LogP contribution in [0.5, 0.6) is 0 Å². The molecule has 0 rings (SSSR count). The summed E-state index contributed by atoms with van der Waals surface area (Å²) >= 11 is 1.51. The van der Waals surface area contributed by atoms with Gasteiger partial charge in [0.05, 0.1) is 6.54 Å². The van der Waals surface area contributed by atoms with Gasteiger partial charge in [0.15, 0.2) is 0 Å². The Morgan fingerprint density at radius 1 is 0.744 bits per heavy atom. The Kier molecular flexibility index (Phi) is 21.5. The number of esters is 1. The summed E-state index contributed by atoms with van der Waals surface area (Å²) in [4.78, 5) is 59.7. The molecule has 0 fully saturated rings. The van der Waals surface area contributed by atoms with Crippen molar-refractivity contribution in [3.8, 4) is 0 Å². The molecule has 0 aliphatic carbocycles. The minimum Gasteiger partial charge on any atom is -0.453 e. The van der Waals surface area contributed by atoms with E-state index in [0.29, 0.717) is 24.6 Å². The summed E-state index contributed by atoms with van der Waals surface area (Å²) in [7, 11) is 0. The molecule has 0 heterocycles. The minimum absolute atomic E-state index is 0.238. The average molecular weight is 631 g/mol. The van der Waals surface area contributed by atoms with Gasteiger partial charge in [0.2, 0.25) is 11.8 Å². The third kappa shape index (κ3) is 25.6. The summed E-state index contributed by atoms with van der Waals surface area (Å²) in [5.41, 5.74) is -1.42. The first-order valence-electron chi connectivity index (χ1n) is 14.8. The number of unbranched alkanes of at least 4 members (excludes halogenated alkanes) is 1. The summed E-state index contributed by atoms with van der Waals surface area (Å²) in [5.74, 6) is -1.47. The van der Waals surface area contributed by atoms with Crippen LogP contribution in [-0.4, -0.2) is 104 Å². The lowest BCUT2D eigenvalue weighted by Gasteiger charge is -2.23. The Labute approximate surface area is 261 Å². The van der Waals surface area contributed by atoms with E-state index in [2.05, 4.69) is 38.8 Å². The molecule has 0 saturated carbocycles. The first-order valence-corrected chi connectivity index (χ1v) is 15.9. The van der Waals surface area contributed by atoms with Crippen molar-refractivity contribution in [1.29, 1.82) is 0 Å². The fourth-order valence-electron chi connectivity index (χ4n) is 3.26. The molecule has 4 amide bonds. The van der Waals surface area contributed by atoms with Crippen molar-refractivity contribution in [3.63, 3.8) is 0 Å². The molecule has 43 heavy (non-hydrogen) atoms. The molecule has 0 spiro atoms. The number of hydrogen-bond acceptors (Lipinski definition) is 10. The molecule has 0 aliphatic heterocycles. The van der Waals surface area contributed by atoms with Crippen LogP contribution in [0.25, 0.3) is 0 Å². The van der Waals surface area contributed by atoms with Crippen LogP contribution in [0.4, 0.5) is 4.79 Å². The van der Waals surface area contributed by atoms with Crippen LogP contribution in [0.15, 0.2) is 0 Å². The van der Waals surface area contributed by atoms with Crippen molar-refractivity contribution >= 4 is 41.5 Å². The van der Waals surface area contributed by atoms with E-state index in [1.807, 2.05) is 0 Å². The molecule has 0 aromatic rings. The molecule has 248 valence electrons. The highest BCUT2D eigenvalue weighted by molar-refractivity contribution is 7.99. The van der Waals surface area contributed by atoms with Crippen molar-refractivity contribution in [3.05, 3.63) is 13.3 Å². The molecule has 0 bridgehead atoms. The standard InChI is InChI=1S/C29H54N6O7S/c1-8-19-43-21-22(35-27(40)42-29(5,6)7)24(37)33-18-12-16-31-14-10-9-13-30-15-11-17-32-23(36)20-34-25(38)26(39)41-28(2,3)4/h8,22,30-31H,1,9-21H2,2-7H3,(H,32,36)(H,33,37)(H,34,38)(H,35,40). The SMILES string of the molecule is [CH2][CH]CSCC(NC(=O)OC(C)(C)C)C(=O)NCCCNCCCCNCCCNC(=O)CNC(=O)C(=O)OC(C)(C)C. The second-order valence-corrected chi connectivity index (χ2v) is 12.8. The summed E-state index contributed by atoms with van der Waals surface area (Å²) in [6.45, 7) is 17.8. The highest BCUT2D eigenvalue weighted by Gasteiger charge is 2.24. The molecule has 1 atom stereocenters. The van der Waals surface area contributed by atoms with E-state index >= 15 is 0 Å². The lowest BCUT2D eigenvalue weighted by atomic mass is 10.2. The lowest BCUT2D eigenvalue weighted by Crippen LogP contribution is -2.50. The predicted octanol–water partition coefficient (Wildman–Crippen LogP) is 1.08. The van der Waals surface area contributed by atoms with E-state index in [9.17, 15) is 24.0 Å². The third-order valence-corrected chi connectivity index (χ3v) is 6.20. The maximum Gasteiger partial charge on any atom is 0.408 e. The number of hydrogen-bond donors (Lipinski definition) is 6. The number of thioether (sulfide) groups is 1. The van der Waals surface area contributed by atoms with E-state index in [4.69, 9.17) is 9.47 Å². The monoisotopic (exact) mass is 630 g/mol. The molecule has 14 heteroatoms. The van der Waals surface area contributed by atoms with Crippen LogP contribution in [-0.2, 0) is 28.7 Å². The summed E-state index contributed by atoms with van der Waals surface area (Å²) in [6, 6.07) is -0.685. The molecule has 2 radical (unpaired) electrons. The summed E-state index contributed by atoms with van der Waals surface area (Å²) < 4.78 is 10.2. The number of carbonyl (C=O) groups is 5. The fraction of sp³-hybridized carbons (Fsp3) is 0.759. The molecule has 0 saturated heterocycles. The molecule has 0 aromatic carbocycles. The fourth-order valence-corrected chi connectivity index (χ4v) is 4.03. The van der Waals surface area contributed by atoms with E-state index < -0.39 is 35.2 Å². The van der Waals surface area contributed by atoms with Gasteiger partial charge in [-0.3, -0.25) is 14.4 Å². The van der Waals surface area contributed by atoms with Crippen molar-refractivity contribution in [1.82, 2.24) is 31.9 Å². The Morgan fingerprint density at radius 2 is 1.28 bits per heavy atom. The van der Waals surface area contributed by atoms with Gasteiger partial charge in [-0.1, -0.05) is 0 Å². The Balaban J connectivity index is 3.81. The Bertz CT molecular complexity index is 846. The van der Waals surface area contributed by atoms with Crippen LogP contribution >= 0.6 is 11.8 Å². The minimum atomic E-state index is -1.02. The number of amides is 4. The van der Waals surface area contributed by atoms with Crippen LogP contribution in [0.3, 0.4) is 0 Å². The van der Waals surface area contributed by atoms with Crippen molar-refractivity contribution in [2.24, 2.45) is 0 Å². The van der Waals surface area contributed by atoms with Gasteiger partial charge in [-0.2, -0.15) is 11.8 Å². The molecule has 0 aliphatic rings. The van der Waals surface area contributed by atoms with Gasteiger partial charge in [-0.05, 0) is 113 Å². The highest BCUT2D eigenvalue weighted by Crippen LogP contribution is 2.09. The van der Waals surface area contributed by atoms with Crippen LogP contribution in [0.2, 0.25) is 0 Å². The Morgan fingerprint density at radius 3 is 1.81 bits per heavy atom. The second-order valence-electron chi connectivity index (χ2n) is 11.8. The molecule has 0 aromatic heterocycles. The van der Waals surface area contributed by atoms with Crippen molar-refractivity contribution in [2.75, 3.05) is 57.3 Å². The van der Waals surface area contributed by atoms with E-state index in [1.165, 1.54) is 11.8 Å². The van der Waals surface area contributed by atoms with Gasteiger partial charge in [0.25, 0.3) is 0 Å². The van der Waals surface area contributed by atoms with Crippen LogP contribution in [0.1, 0.15) is 67.2 Å². The molecule has 13 nitrogen and oxygen atoms in total. The van der Waals surface area contributed by atoms with E-state index in [-0.39, 0.29) is 18.4 Å². The van der Waals surface area contributed by atoms with E-state index in [1.54, 1.807) is 48.0 Å². The van der Waals surface area contributed by atoms with Gasteiger partial charge < -0.3 is 41.4 Å². The van der Waals surface area contributed by atoms with Gasteiger partial charge in [-0.15, -0.1) is 0 Å². The topological polar surface area (TPSA) is 176 Å². The summed E-state index contributed by atoms with van der Waals surface area (Å²) in [5, 5.41) is 17.2. The Hall–Kier alpha value is -2.58. The molecule has 1 unspecified atom stereocenters. The van der Waals surface area contributed by atoms with E-state index in [0.717, 1.165) is 51.9 Å². The lowest BCUT2D eigenvalue weighted by molar-refractivity contribution is -0.163. The maximum atomic E-state index is 12.6. The van der Waals surface area contributed by atoms with Gasteiger partial charge in [0.1, 0.15) is 17.2 Å². The van der Waals surface area contributed by atoms with Crippen LogP contribution in [0, 0.1) is 13.3 Å². The normalized spacial score (nSPS) is 12.2. The number of alkyl carbamates (subject to hydrolysis) is 1. The average Bonchev–Trinajstić information content (AvgIpc) is 2.89. The molecule has 6 N–H and O–H groups in total. The first-order chi connectivity index (χ1) is 20.1. The number of rotatable bonds is 21. The van der Waals surface area contributed by atoms with Crippen molar-refractivity contribution < 1.29 is 33.4 Å². The molecular formula is C29H54N6O7S. The first kappa shape index (κ1) is 40.4. The van der Waals surface area contributed by atoms with Crippen LogP contribution < -0.4 is 31.9 Å². The zero-order valence-electron chi connectivity index (χ0n) is 26.8. The van der Waals surface area contributed by atoms with Gasteiger partial charge >= 0.3 is 18.0 Å². The maximum absolute atomic E-state index is 12.6. The highest BCUT2D eigenvalue weighted by atomic mass is 32.2. The predicted molar refractivity (Wildman–Crippen MR) is 169 cm³/mol. The summed E-state index contributed by atoms with van der Waals surface area (Å²) in [6.07, 6.45) is 4.62. The largest absolute Gasteiger partial charge is 0.453 e. The van der Waals surface area contributed by atoms with Crippen molar-refractivity contribution in [2.45, 2.75) is 84.5 Å². The molecular weight excluding hydrogens is 576 g/mol. The second kappa shape index (κ2) is 22.9. The smallest absolute Gasteiger partial charge is 0.408 e. The number of nitrogens with one attached hydrogen (secondary N) is 6. The zero-order chi connectivity index (χ0) is 32.7. The third-order valence-electron chi connectivity index (χ3n) is 5.16. The zero-order valence-corrected chi connectivity index (χ0v) is 27.6. The number of ether oxygens (including phenoxy) is 2. The van der Waals surface area contributed by atoms with Gasteiger partial charge in [-0.25, -0.2) is 9.59 Å². The quantitative estimate of drug-likeness (QED) is 0.0612.